The van der Waals surface area contributed by atoms with Crippen molar-refractivity contribution in [2.24, 2.45) is 0 Å². The molecule has 0 amide bonds. The van der Waals surface area contributed by atoms with E-state index in [9.17, 15) is 9.59 Å². The van der Waals surface area contributed by atoms with E-state index in [4.69, 9.17) is 14.2 Å². The number of carbonyl (C=O) groups excluding carboxylic acids is 2. The minimum absolute atomic E-state index is 0.0739. The molecule has 0 rings (SSSR count). The Labute approximate surface area is 347 Å². The summed E-state index contributed by atoms with van der Waals surface area (Å²) in [5, 5.41) is 0. The number of unbranched alkanes of at least 4 members (excludes halogenated alkanes) is 22. The van der Waals surface area contributed by atoms with Gasteiger partial charge in [-0.25, -0.2) is 0 Å². The molecule has 0 aromatic carbocycles. The summed E-state index contributed by atoms with van der Waals surface area (Å²) in [5.41, 5.74) is 0. The Bertz CT molecular complexity index is 977. The molecular formula is C51H90O5. The third kappa shape index (κ3) is 44.3. The maximum absolute atomic E-state index is 12.6. The van der Waals surface area contributed by atoms with Gasteiger partial charge in [0.25, 0.3) is 0 Å². The van der Waals surface area contributed by atoms with Crippen molar-refractivity contribution in [2.75, 3.05) is 19.8 Å². The molecular weight excluding hydrogens is 693 g/mol. The molecule has 0 aliphatic heterocycles. The van der Waals surface area contributed by atoms with E-state index in [0.717, 1.165) is 77.0 Å². The van der Waals surface area contributed by atoms with Gasteiger partial charge in [-0.05, 0) is 83.5 Å². The van der Waals surface area contributed by atoms with Crippen LogP contribution >= 0.6 is 0 Å². The van der Waals surface area contributed by atoms with Crippen molar-refractivity contribution in [3.8, 4) is 0 Å². The quantitative estimate of drug-likeness (QED) is 0.0350. The van der Waals surface area contributed by atoms with Crippen molar-refractivity contribution in [1.82, 2.24) is 0 Å². The molecule has 324 valence electrons. The molecule has 0 saturated heterocycles. The molecule has 5 heteroatoms. The Balaban J connectivity index is 4.14. The third-order valence-corrected chi connectivity index (χ3v) is 10.0. The SMILES string of the molecule is CC/C=C\C/C=C\C/C=C\CCCCCCOCC(COC(=O)CCCCCCCCCCC/C=C\C/C=C\CCCCC)OC(=O)CCCCCCCCC. The second-order valence-corrected chi connectivity index (χ2v) is 15.6. The minimum Gasteiger partial charge on any atom is -0.462 e. The van der Waals surface area contributed by atoms with Gasteiger partial charge in [-0.2, -0.15) is 0 Å². The van der Waals surface area contributed by atoms with Gasteiger partial charge in [0.15, 0.2) is 6.10 Å². The molecule has 1 atom stereocenters. The topological polar surface area (TPSA) is 61.8 Å². The zero-order valence-electron chi connectivity index (χ0n) is 37.1. The van der Waals surface area contributed by atoms with E-state index in [2.05, 4.69) is 81.5 Å². The molecule has 5 nitrogen and oxygen atoms in total. The van der Waals surface area contributed by atoms with E-state index < -0.39 is 6.10 Å². The Morgan fingerprint density at radius 3 is 1.32 bits per heavy atom. The molecule has 0 saturated carbocycles. The number of allylic oxidation sites excluding steroid dienone is 10. The number of esters is 2. The van der Waals surface area contributed by atoms with Crippen LogP contribution in [0.5, 0.6) is 0 Å². The first-order chi connectivity index (χ1) is 27.6. The van der Waals surface area contributed by atoms with Crippen LogP contribution in [0.15, 0.2) is 60.8 Å². The Hall–Kier alpha value is -2.40. The van der Waals surface area contributed by atoms with Crippen LogP contribution in [0.25, 0.3) is 0 Å². The average Bonchev–Trinajstić information content (AvgIpc) is 3.20. The fourth-order valence-corrected chi connectivity index (χ4v) is 6.49. The molecule has 1 unspecified atom stereocenters. The van der Waals surface area contributed by atoms with Crippen molar-refractivity contribution in [2.45, 2.75) is 232 Å². The number of rotatable bonds is 43. The van der Waals surface area contributed by atoms with Crippen molar-refractivity contribution < 1.29 is 23.8 Å². The highest BCUT2D eigenvalue weighted by Gasteiger charge is 2.17. The number of hydrogen-bond donors (Lipinski definition) is 0. The lowest BCUT2D eigenvalue weighted by molar-refractivity contribution is -0.163. The third-order valence-electron chi connectivity index (χ3n) is 10.0. The Morgan fingerprint density at radius 2 is 0.804 bits per heavy atom. The van der Waals surface area contributed by atoms with Gasteiger partial charge in [-0.1, -0.05) is 191 Å². The first kappa shape index (κ1) is 53.6. The average molecular weight is 783 g/mol. The van der Waals surface area contributed by atoms with Gasteiger partial charge < -0.3 is 14.2 Å². The van der Waals surface area contributed by atoms with Crippen LogP contribution in [0.1, 0.15) is 226 Å². The molecule has 0 radical (unpaired) electrons. The highest BCUT2D eigenvalue weighted by Crippen LogP contribution is 2.14. The van der Waals surface area contributed by atoms with Gasteiger partial charge in [0.1, 0.15) is 6.61 Å². The van der Waals surface area contributed by atoms with Crippen molar-refractivity contribution in [3.63, 3.8) is 0 Å². The second kappa shape index (κ2) is 47.0. The zero-order chi connectivity index (χ0) is 40.7. The molecule has 0 heterocycles. The monoisotopic (exact) mass is 783 g/mol. The smallest absolute Gasteiger partial charge is 0.306 e. The van der Waals surface area contributed by atoms with E-state index in [1.165, 1.54) is 116 Å². The maximum atomic E-state index is 12.6. The van der Waals surface area contributed by atoms with E-state index >= 15 is 0 Å². The van der Waals surface area contributed by atoms with Gasteiger partial charge in [-0.15, -0.1) is 0 Å². The van der Waals surface area contributed by atoms with Gasteiger partial charge in [0.05, 0.1) is 6.61 Å². The fourth-order valence-electron chi connectivity index (χ4n) is 6.49. The van der Waals surface area contributed by atoms with Gasteiger partial charge in [-0.3, -0.25) is 9.59 Å². The highest BCUT2D eigenvalue weighted by molar-refractivity contribution is 5.70. The number of carbonyl (C=O) groups is 2. The molecule has 0 fully saturated rings. The molecule has 0 N–H and O–H groups in total. The molecule has 0 aromatic rings. The van der Waals surface area contributed by atoms with Crippen LogP contribution in [0.4, 0.5) is 0 Å². The summed E-state index contributed by atoms with van der Waals surface area (Å²) in [6.45, 7) is 7.61. The minimum atomic E-state index is -0.545. The molecule has 56 heavy (non-hydrogen) atoms. The van der Waals surface area contributed by atoms with Crippen LogP contribution in [0.2, 0.25) is 0 Å². The summed E-state index contributed by atoms with van der Waals surface area (Å²) in [6, 6.07) is 0. The summed E-state index contributed by atoms with van der Waals surface area (Å²) in [7, 11) is 0. The van der Waals surface area contributed by atoms with E-state index in [-0.39, 0.29) is 25.2 Å². The fraction of sp³-hybridized carbons (Fsp3) is 0.765. The normalized spacial score (nSPS) is 12.7. The van der Waals surface area contributed by atoms with Gasteiger partial charge in [0.2, 0.25) is 0 Å². The Kier molecular flexibility index (Phi) is 45.0. The molecule has 0 aromatic heterocycles. The predicted molar refractivity (Wildman–Crippen MR) is 242 cm³/mol. The van der Waals surface area contributed by atoms with E-state index in [0.29, 0.717) is 19.4 Å². The number of hydrogen-bond acceptors (Lipinski definition) is 5. The molecule has 0 aliphatic rings. The van der Waals surface area contributed by atoms with Crippen LogP contribution < -0.4 is 0 Å². The highest BCUT2D eigenvalue weighted by atomic mass is 16.6. The second-order valence-electron chi connectivity index (χ2n) is 15.6. The van der Waals surface area contributed by atoms with E-state index in [1.54, 1.807) is 0 Å². The zero-order valence-corrected chi connectivity index (χ0v) is 37.1. The lowest BCUT2D eigenvalue weighted by atomic mass is 10.1. The van der Waals surface area contributed by atoms with Crippen LogP contribution in [0, 0.1) is 0 Å². The lowest BCUT2D eigenvalue weighted by Gasteiger charge is -2.18. The largest absolute Gasteiger partial charge is 0.462 e. The first-order valence-electron chi connectivity index (χ1n) is 23.8. The summed E-state index contributed by atoms with van der Waals surface area (Å²) >= 11 is 0. The molecule has 0 spiro atoms. The maximum Gasteiger partial charge on any atom is 0.306 e. The summed E-state index contributed by atoms with van der Waals surface area (Å²) in [6.07, 6.45) is 58.1. The van der Waals surface area contributed by atoms with Gasteiger partial charge >= 0.3 is 11.9 Å². The van der Waals surface area contributed by atoms with Crippen LogP contribution in [-0.2, 0) is 23.8 Å². The van der Waals surface area contributed by atoms with Crippen molar-refractivity contribution in [3.05, 3.63) is 60.8 Å². The standard InChI is InChI=1S/C51H90O5/c1-4-7-10-13-16-18-20-22-24-25-26-27-28-29-31-33-36-38-41-44-50(52)55-48-49(56-51(53)45-42-39-35-15-12-9-6-3)47-54-46-43-40-37-34-32-30-23-21-19-17-14-11-8-5-2/h8,11,16-19,22-24,30,49H,4-7,9-10,12-15,20-21,25-29,31-48H2,1-3H3/b11-8-,18-16-,19-17-,24-22-,30-23-. The van der Waals surface area contributed by atoms with Crippen LogP contribution in [0.3, 0.4) is 0 Å². The van der Waals surface area contributed by atoms with Crippen molar-refractivity contribution >= 4 is 11.9 Å². The predicted octanol–water partition coefficient (Wildman–Crippen LogP) is 15.8. The lowest BCUT2D eigenvalue weighted by Crippen LogP contribution is -2.30. The van der Waals surface area contributed by atoms with Gasteiger partial charge in [0, 0.05) is 19.4 Å². The Morgan fingerprint density at radius 1 is 0.411 bits per heavy atom. The van der Waals surface area contributed by atoms with Crippen LogP contribution in [-0.4, -0.2) is 37.9 Å². The summed E-state index contributed by atoms with van der Waals surface area (Å²) in [4.78, 5) is 25.2. The number of ether oxygens (including phenoxy) is 3. The summed E-state index contributed by atoms with van der Waals surface area (Å²) in [5.74, 6) is -0.419. The molecule has 0 aliphatic carbocycles. The molecule has 0 bridgehead atoms. The van der Waals surface area contributed by atoms with Crippen molar-refractivity contribution in [1.29, 1.82) is 0 Å². The summed E-state index contributed by atoms with van der Waals surface area (Å²) < 4.78 is 17.3. The van der Waals surface area contributed by atoms with E-state index in [1.807, 2.05) is 0 Å². The first-order valence-corrected chi connectivity index (χ1v) is 23.8.